The Kier molecular flexibility index (Phi) is 8.04. The Bertz CT molecular complexity index is 1150. The lowest BCUT2D eigenvalue weighted by Gasteiger charge is -2.27. The molecule has 36 heavy (non-hydrogen) atoms. The molecule has 0 radical (unpaired) electrons. The van der Waals surface area contributed by atoms with Crippen molar-refractivity contribution in [1.82, 2.24) is 4.57 Å². The van der Waals surface area contributed by atoms with Crippen molar-refractivity contribution in [3.8, 4) is 11.5 Å². The molecule has 192 valence electrons. The summed E-state index contributed by atoms with van der Waals surface area (Å²) >= 11 is 0. The predicted molar refractivity (Wildman–Crippen MR) is 140 cm³/mol. The van der Waals surface area contributed by atoms with E-state index in [1.165, 1.54) is 11.1 Å². The number of nitrogens with zero attached hydrogens (tertiary/aromatic N) is 1. The molecule has 4 rings (SSSR count). The molecule has 1 aliphatic rings. The van der Waals surface area contributed by atoms with Crippen LogP contribution < -0.4 is 9.47 Å². The molecule has 3 aromatic rings. The highest BCUT2D eigenvalue weighted by molar-refractivity contribution is 5.69. The van der Waals surface area contributed by atoms with Crippen LogP contribution in [0.1, 0.15) is 47.3 Å². The summed E-state index contributed by atoms with van der Waals surface area (Å²) in [5.41, 5.74) is 5.48. The third-order valence-electron chi connectivity index (χ3n) is 7.55. The zero-order valence-electron chi connectivity index (χ0n) is 21.6. The molecule has 3 atom stereocenters. The lowest BCUT2D eigenvalue weighted by Crippen LogP contribution is -2.22. The van der Waals surface area contributed by atoms with Gasteiger partial charge in [0.15, 0.2) is 0 Å². The third kappa shape index (κ3) is 5.76. The molecule has 2 N–H and O–H groups in total. The second kappa shape index (κ2) is 11.2. The number of carbonyl (C=O) groups is 1. The summed E-state index contributed by atoms with van der Waals surface area (Å²) < 4.78 is 13.2. The summed E-state index contributed by atoms with van der Waals surface area (Å²) in [6.45, 7) is 4.30. The van der Waals surface area contributed by atoms with Gasteiger partial charge in [0.2, 0.25) is 0 Å². The minimum Gasteiger partial charge on any atom is -0.496 e. The van der Waals surface area contributed by atoms with Crippen LogP contribution >= 0.6 is 0 Å². The normalized spacial score (nSPS) is 15.8. The Morgan fingerprint density at radius 2 is 1.69 bits per heavy atom. The van der Waals surface area contributed by atoms with E-state index in [4.69, 9.17) is 9.47 Å². The van der Waals surface area contributed by atoms with Crippen molar-refractivity contribution in [3.63, 3.8) is 0 Å². The van der Waals surface area contributed by atoms with Gasteiger partial charge in [0.1, 0.15) is 11.5 Å². The molecule has 1 unspecified atom stereocenters. The largest absolute Gasteiger partial charge is 0.496 e. The van der Waals surface area contributed by atoms with E-state index < -0.39 is 18.0 Å². The molecular formula is C30H37NO5. The van der Waals surface area contributed by atoms with Gasteiger partial charge in [-0.1, -0.05) is 31.2 Å². The first-order valence-corrected chi connectivity index (χ1v) is 12.6. The topological polar surface area (TPSA) is 80.9 Å². The van der Waals surface area contributed by atoms with Gasteiger partial charge in [-0.3, -0.25) is 4.79 Å². The molecule has 0 aliphatic heterocycles. The van der Waals surface area contributed by atoms with Gasteiger partial charge >= 0.3 is 5.97 Å². The van der Waals surface area contributed by atoms with Crippen molar-refractivity contribution in [2.75, 3.05) is 14.2 Å². The average Bonchev–Trinajstić information content (AvgIpc) is 3.49. The quantitative estimate of drug-likeness (QED) is 0.384. The van der Waals surface area contributed by atoms with Gasteiger partial charge in [-0.2, -0.15) is 0 Å². The van der Waals surface area contributed by atoms with Gasteiger partial charge in [0, 0.05) is 30.4 Å². The van der Waals surface area contributed by atoms with Crippen molar-refractivity contribution >= 4 is 5.97 Å². The number of hydrogen-bond acceptors (Lipinski definition) is 4. The molecule has 1 aliphatic carbocycles. The van der Waals surface area contributed by atoms with Crippen molar-refractivity contribution in [2.24, 2.45) is 17.8 Å². The number of rotatable bonds is 11. The van der Waals surface area contributed by atoms with E-state index in [1.807, 2.05) is 37.5 Å². The number of ether oxygens (including phenoxy) is 2. The maximum atomic E-state index is 11.7. The zero-order chi connectivity index (χ0) is 25.8. The fourth-order valence-electron chi connectivity index (χ4n) is 5.53. The molecule has 1 aromatic heterocycles. The highest BCUT2D eigenvalue weighted by atomic mass is 16.5. The van der Waals surface area contributed by atoms with Crippen LogP contribution in [0.15, 0.2) is 54.9 Å². The number of aliphatic hydroxyl groups excluding tert-OH is 1. The van der Waals surface area contributed by atoms with E-state index in [-0.39, 0.29) is 5.92 Å². The number of benzene rings is 2. The Hall–Kier alpha value is -3.25. The summed E-state index contributed by atoms with van der Waals surface area (Å²) in [7, 11) is 3.26. The van der Waals surface area contributed by atoms with Crippen LogP contribution in [0.25, 0.3) is 0 Å². The molecule has 0 saturated heterocycles. The van der Waals surface area contributed by atoms with Crippen LogP contribution in [0.2, 0.25) is 0 Å². The van der Waals surface area contributed by atoms with Gasteiger partial charge in [0.25, 0.3) is 0 Å². The molecule has 6 heteroatoms. The standard InChI is InChI=1S/C30H37NO5/c1-19(30(33)34)11-21-9-10-31(17-21)18-26(14-22-12-23-7-5-6-8-24(23)13-22)29(32)25-15-27(35-3)20(2)28(16-25)36-4/h5-10,15-17,19,22,26,29,32H,11-14,18H2,1-4H3,(H,33,34)/t19?,26-,29-/m1/s1. The maximum Gasteiger partial charge on any atom is 0.306 e. The summed E-state index contributed by atoms with van der Waals surface area (Å²) in [6, 6.07) is 14.4. The van der Waals surface area contributed by atoms with E-state index in [0.717, 1.165) is 36.0 Å². The number of carboxylic acids is 1. The van der Waals surface area contributed by atoms with Gasteiger partial charge in [0.05, 0.1) is 26.2 Å². The van der Waals surface area contributed by atoms with Crippen molar-refractivity contribution < 1.29 is 24.5 Å². The second-order valence-corrected chi connectivity index (χ2v) is 10.2. The number of aliphatic hydroxyl groups is 1. The van der Waals surface area contributed by atoms with Crippen molar-refractivity contribution in [2.45, 2.75) is 52.2 Å². The van der Waals surface area contributed by atoms with Crippen LogP contribution in [0, 0.1) is 24.7 Å². The van der Waals surface area contributed by atoms with Gasteiger partial charge in [-0.05, 0) is 79.0 Å². The van der Waals surface area contributed by atoms with Crippen LogP contribution in [0.5, 0.6) is 11.5 Å². The van der Waals surface area contributed by atoms with Crippen molar-refractivity contribution in [1.29, 1.82) is 0 Å². The van der Waals surface area contributed by atoms with Crippen LogP contribution in [-0.2, 0) is 30.6 Å². The average molecular weight is 492 g/mol. The van der Waals surface area contributed by atoms with E-state index in [2.05, 4.69) is 28.8 Å². The number of methoxy groups -OCH3 is 2. The first kappa shape index (κ1) is 25.8. The number of hydrogen-bond donors (Lipinski definition) is 2. The Morgan fingerprint density at radius 1 is 1.08 bits per heavy atom. The number of fused-ring (bicyclic) bond motifs is 1. The number of aliphatic carboxylic acids is 1. The minimum atomic E-state index is -0.792. The highest BCUT2D eigenvalue weighted by Gasteiger charge is 2.30. The monoisotopic (exact) mass is 491 g/mol. The summed E-state index contributed by atoms with van der Waals surface area (Å²) in [5.74, 6) is 0.574. The van der Waals surface area contributed by atoms with Gasteiger partial charge in [-0.15, -0.1) is 0 Å². The summed E-state index contributed by atoms with van der Waals surface area (Å²) in [4.78, 5) is 11.3. The minimum absolute atomic E-state index is 0.0430. The molecule has 0 saturated carbocycles. The maximum absolute atomic E-state index is 11.7. The van der Waals surface area contributed by atoms with E-state index >= 15 is 0 Å². The predicted octanol–water partition coefficient (Wildman–Crippen LogP) is 5.23. The molecule has 0 spiro atoms. The first-order valence-electron chi connectivity index (χ1n) is 12.6. The smallest absolute Gasteiger partial charge is 0.306 e. The molecule has 0 fully saturated rings. The van der Waals surface area contributed by atoms with Crippen LogP contribution in [-0.4, -0.2) is 35.0 Å². The van der Waals surface area contributed by atoms with Crippen molar-refractivity contribution in [3.05, 3.63) is 82.7 Å². The summed E-state index contributed by atoms with van der Waals surface area (Å²) in [5, 5.41) is 20.9. The Labute approximate surface area is 213 Å². The molecule has 2 aromatic carbocycles. The second-order valence-electron chi connectivity index (χ2n) is 10.2. The fraction of sp³-hybridized carbons (Fsp3) is 0.433. The summed E-state index contributed by atoms with van der Waals surface area (Å²) in [6.07, 6.45) is 6.69. The Morgan fingerprint density at radius 3 is 2.25 bits per heavy atom. The van der Waals surface area contributed by atoms with Crippen LogP contribution in [0.3, 0.4) is 0 Å². The highest BCUT2D eigenvalue weighted by Crippen LogP contribution is 2.39. The van der Waals surface area contributed by atoms with E-state index in [9.17, 15) is 15.0 Å². The SMILES string of the molecule is COc1cc([C@@H](O)[C@H](CC2Cc3ccccc3C2)Cn2ccc(CC(C)C(=O)O)c2)cc(OC)c1C. The lowest BCUT2D eigenvalue weighted by atomic mass is 9.85. The van der Waals surface area contributed by atoms with E-state index in [1.54, 1.807) is 21.1 Å². The van der Waals surface area contributed by atoms with Gasteiger partial charge in [-0.25, -0.2) is 0 Å². The molecule has 0 bridgehead atoms. The molecule has 0 amide bonds. The molecular weight excluding hydrogens is 454 g/mol. The Balaban J connectivity index is 1.59. The van der Waals surface area contributed by atoms with E-state index in [0.29, 0.717) is 30.4 Å². The fourth-order valence-corrected chi connectivity index (χ4v) is 5.53. The lowest BCUT2D eigenvalue weighted by molar-refractivity contribution is -0.141. The molecule has 1 heterocycles. The third-order valence-corrected chi connectivity index (χ3v) is 7.55. The van der Waals surface area contributed by atoms with Crippen LogP contribution in [0.4, 0.5) is 0 Å². The van der Waals surface area contributed by atoms with Gasteiger partial charge < -0.3 is 24.3 Å². The number of carboxylic acid groups (broad SMARTS) is 1. The molecule has 6 nitrogen and oxygen atoms in total. The number of aromatic nitrogens is 1. The zero-order valence-corrected chi connectivity index (χ0v) is 21.6. The first-order chi connectivity index (χ1) is 17.3.